The number of nitrogens with one attached hydrogen (secondary N) is 1. The third-order valence-electron chi connectivity index (χ3n) is 6.04. The number of carbonyl (C=O) groups excluding carboxylic acids is 2. The highest BCUT2D eigenvalue weighted by atomic mass is 79.9. The van der Waals surface area contributed by atoms with Crippen molar-refractivity contribution in [2.24, 2.45) is 0 Å². The summed E-state index contributed by atoms with van der Waals surface area (Å²) < 4.78 is 11.7. The minimum atomic E-state index is -0.647. The van der Waals surface area contributed by atoms with E-state index in [1.54, 1.807) is 19.1 Å². The number of hydrogen-bond donors (Lipinski definition) is 1. The van der Waals surface area contributed by atoms with E-state index in [1.807, 2.05) is 86.6 Å². The topological polar surface area (TPSA) is 67.9 Å². The van der Waals surface area contributed by atoms with Crippen molar-refractivity contribution in [2.45, 2.75) is 51.7 Å². The van der Waals surface area contributed by atoms with Crippen LogP contribution < -0.4 is 14.8 Å². The fraction of sp³-hybridized carbons (Fsp3) is 0.333. The van der Waals surface area contributed by atoms with Gasteiger partial charge in [-0.25, -0.2) is 0 Å². The van der Waals surface area contributed by atoms with Gasteiger partial charge in [0.2, 0.25) is 11.8 Å². The van der Waals surface area contributed by atoms with E-state index in [1.165, 1.54) is 0 Å². The summed E-state index contributed by atoms with van der Waals surface area (Å²) in [4.78, 5) is 28.9. The predicted molar refractivity (Wildman–Crippen MR) is 150 cm³/mol. The Morgan fingerprint density at radius 2 is 1.51 bits per heavy atom. The molecule has 1 atom stereocenters. The molecule has 0 aromatic heterocycles. The van der Waals surface area contributed by atoms with E-state index in [0.717, 1.165) is 21.2 Å². The lowest BCUT2D eigenvalue weighted by molar-refractivity contribution is -0.141. The number of rotatable bonds is 12. The Kier molecular flexibility index (Phi) is 10.6. The molecule has 0 fully saturated rings. The average molecular weight is 568 g/mol. The van der Waals surface area contributed by atoms with Crippen molar-refractivity contribution in [2.75, 3.05) is 14.2 Å². The Morgan fingerprint density at radius 1 is 0.865 bits per heavy atom. The molecule has 196 valence electrons. The maximum Gasteiger partial charge on any atom is 0.243 e. The van der Waals surface area contributed by atoms with Gasteiger partial charge < -0.3 is 19.7 Å². The molecular formula is C30H35BrN2O4. The number of ether oxygens (including phenoxy) is 2. The van der Waals surface area contributed by atoms with Gasteiger partial charge in [0, 0.05) is 29.9 Å². The molecule has 37 heavy (non-hydrogen) atoms. The van der Waals surface area contributed by atoms with Crippen LogP contribution in [-0.4, -0.2) is 43.0 Å². The number of amides is 2. The number of halogens is 1. The minimum absolute atomic E-state index is 0.0397. The summed E-state index contributed by atoms with van der Waals surface area (Å²) in [6, 6.07) is 22.6. The highest BCUT2D eigenvalue weighted by Crippen LogP contribution is 2.28. The fourth-order valence-corrected chi connectivity index (χ4v) is 4.42. The Balaban J connectivity index is 1.90. The first-order chi connectivity index (χ1) is 17.8. The summed E-state index contributed by atoms with van der Waals surface area (Å²) in [5.74, 6) is 1.02. The van der Waals surface area contributed by atoms with Crippen molar-refractivity contribution in [1.29, 1.82) is 0 Å². The average Bonchev–Trinajstić information content (AvgIpc) is 2.90. The molecule has 2 amide bonds. The van der Waals surface area contributed by atoms with Gasteiger partial charge in [-0.05, 0) is 61.2 Å². The minimum Gasteiger partial charge on any atom is -0.493 e. The first kappa shape index (κ1) is 28.3. The van der Waals surface area contributed by atoms with Gasteiger partial charge in [-0.3, -0.25) is 9.59 Å². The molecule has 6 nitrogen and oxygen atoms in total. The first-order valence-corrected chi connectivity index (χ1v) is 13.2. The second-order valence-electron chi connectivity index (χ2n) is 9.21. The summed E-state index contributed by atoms with van der Waals surface area (Å²) in [7, 11) is 3.18. The van der Waals surface area contributed by atoms with Gasteiger partial charge in [-0.1, -0.05) is 64.5 Å². The number of aryl methyl sites for hydroxylation is 1. The van der Waals surface area contributed by atoms with Crippen LogP contribution in [0, 0.1) is 0 Å². The summed E-state index contributed by atoms with van der Waals surface area (Å²) >= 11 is 3.47. The van der Waals surface area contributed by atoms with Gasteiger partial charge in [-0.15, -0.1) is 0 Å². The third-order valence-corrected chi connectivity index (χ3v) is 6.57. The van der Waals surface area contributed by atoms with E-state index < -0.39 is 6.04 Å². The Morgan fingerprint density at radius 3 is 2.14 bits per heavy atom. The zero-order valence-corrected chi connectivity index (χ0v) is 23.5. The van der Waals surface area contributed by atoms with Crippen molar-refractivity contribution in [3.05, 3.63) is 94.0 Å². The van der Waals surface area contributed by atoms with Crippen molar-refractivity contribution >= 4 is 27.7 Å². The largest absolute Gasteiger partial charge is 0.493 e. The van der Waals surface area contributed by atoms with Crippen molar-refractivity contribution in [3.63, 3.8) is 0 Å². The Bertz CT molecular complexity index is 1170. The van der Waals surface area contributed by atoms with Crippen LogP contribution in [-0.2, 0) is 29.0 Å². The third kappa shape index (κ3) is 8.35. The van der Waals surface area contributed by atoms with E-state index in [2.05, 4.69) is 21.2 Å². The number of methoxy groups -OCH3 is 2. The lowest BCUT2D eigenvalue weighted by Gasteiger charge is -2.32. The number of hydrogen-bond acceptors (Lipinski definition) is 4. The maximum atomic E-state index is 13.8. The molecule has 0 spiro atoms. The molecular weight excluding hydrogens is 532 g/mol. The summed E-state index contributed by atoms with van der Waals surface area (Å²) in [6.45, 7) is 4.19. The summed E-state index contributed by atoms with van der Waals surface area (Å²) in [5.41, 5.74) is 2.92. The number of carbonyl (C=O) groups is 2. The van der Waals surface area contributed by atoms with Crippen LogP contribution in [0.15, 0.2) is 77.3 Å². The maximum absolute atomic E-state index is 13.8. The van der Waals surface area contributed by atoms with Gasteiger partial charge in [0.25, 0.3) is 0 Å². The zero-order chi connectivity index (χ0) is 26.8. The van der Waals surface area contributed by atoms with Crippen LogP contribution in [0.4, 0.5) is 0 Å². The highest BCUT2D eigenvalue weighted by Gasteiger charge is 2.30. The molecule has 0 aliphatic carbocycles. The van der Waals surface area contributed by atoms with Crippen LogP contribution in [0.5, 0.6) is 11.5 Å². The van der Waals surface area contributed by atoms with Crippen LogP contribution >= 0.6 is 15.9 Å². The van der Waals surface area contributed by atoms with E-state index in [0.29, 0.717) is 30.9 Å². The zero-order valence-electron chi connectivity index (χ0n) is 21.9. The van der Waals surface area contributed by atoms with Gasteiger partial charge in [0.1, 0.15) is 6.04 Å². The molecule has 7 heteroatoms. The number of benzene rings is 3. The van der Waals surface area contributed by atoms with Crippen LogP contribution in [0.25, 0.3) is 0 Å². The molecule has 0 saturated heterocycles. The fourth-order valence-electron chi connectivity index (χ4n) is 4.15. The van der Waals surface area contributed by atoms with Crippen molar-refractivity contribution in [3.8, 4) is 11.5 Å². The molecule has 3 rings (SSSR count). The van der Waals surface area contributed by atoms with E-state index in [-0.39, 0.29) is 24.3 Å². The van der Waals surface area contributed by atoms with Gasteiger partial charge in [0.15, 0.2) is 11.5 Å². The highest BCUT2D eigenvalue weighted by molar-refractivity contribution is 9.10. The first-order valence-electron chi connectivity index (χ1n) is 12.4. The molecule has 0 radical (unpaired) electrons. The van der Waals surface area contributed by atoms with E-state index in [9.17, 15) is 9.59 Å². The molecule has 3 aromatic carbocycles. The Hall–Kier alpha value is -3.32. The molecule has 1 N–H and O–H groups in total. The second kappa shape index (κ2) is 13.8. The summed E-state index contributed by atoms with van der Waals surface area (Å²) in [6.07, 6.45) is 1.20. The van der Waals surface area contributed by atoms with Crippen molar-refractivity contribution in [1.82, 2.24) is 10.2 Å². The van der Waals surface area contributed by atoms with Crippen molar-refractivity contribution < 1.29 is 19.1 Å². The lowest BCUT2D eigenvalue weighted by Crippen LogP contribution is -2.51. The van der Waals surface area contributed by atoms with E-state index >= 15 is 0 Å². The van der Waals surface area contributed by atoms with Crippen LogP contribution in [0.2, 0.25) is 0 Å². The molecule has 1 unspecified atom stereocenters. The van der Waals surface area contributed by atoms with E-state index in [4.69, 9.17) is 9.47 Å². The normalized spacial score (nSPS) is 11.6. The monoisotopic (exact) mass is 566 g/mol. The molecule has 0 aliphatic rings. The standard InChI is InChI=1S/C30H35BrN2O4/c1-21(2)32-30(35)26(18-22-8-6-5-7-9-22)33(20-24-10-14-25(31)15-11-24)29(34)17-13-23-12-16-27(36-3)28(19-23)37-4/h5-12,14-16,19,21,26H,13,17-18,20H2,1-4H3,(H,32,35). The molecule has 3 aromatic rings. The predicted octanol–water partition coefficient (Wildman–Crippen LogP) is 5.56. The van der Waals surface area contributed by atoms with Gasteiger partial charge in [0.05, 0.1) is 14.2 Å². The van der Waals surface area contributed by atoms with Crippen LogP contribution in [0.3, 0.4) is 0 Å². The number of nitrogens with zero attached hydrogens (tertiary/aromatic N) is 1. The van der Waals surface area contributed by atoms with Gasteiger partial charge >= 0.3 is 0 Å². The Labute approximate surface area is 228 Å². The molecule has 0 saturated carbocycles. The summed E-state index contributed by atoms with van der Waals surface area (Å²) in [5, 5.41) is 3.02. The smallest absolute Gasteiger partial charge is 0.243 e. The molecule has 0 aliphatic heterocycles. The molecule has 0 bridgehead atoms. The van der Waals surface area contributed by atoms with Gasteiger partial charge in [-0.2, -0.15) is 0 Å². The SMILES string of the molecule is COc1ccc(CCC(=O)N(Cc2ccc(Br)cc2)C(Cc2ccccc2)C(=O)NC(C)C)cc1OC. The quantitative estimate of drug-likeness (QED) is 0.311. The lowest BCUT2D eigenvalue weighted by atomic mass is 10.0. The molecule has 0 heterocycles. The van der Waals surface area contributed by atoms with Crippen LogP contribution in [0.1, 0.15) is 37.0 Å². The second-order valence-corrected chi connectivity index (χ2v) is 10.1.